The lowest BCUT2D eigenvalue weighted by atomic mass is 10.3. The molecule has 0 spiro atoms. The molecule has 0 atom stereocenters. The normalized spacial score (nSPS) is 9.85. The third-order valence-electron chi connectivity index (χ3n) is 1.32. The van der Waals surface area contributed by atoms with Crippen LogP contribution in [0.3, 0.4) is 0 Å². The van der Waals surface area contributed by atoms with Gasteiger partial charge in [-0.3, -0.25) is 4.79 Å². The zero-order chi connectivity index (χ0) is 10.0. The minimum absolute atomic E-state index is 0.0593. The Balaban J connectivity index is 3.34. The summed E-state index contributed by atoms with van der Waals surface area (Å²) in [5, 5.41) is 1.90. The van der Waals surface area contributed by atoms with Crippen LogP contribution in [-0.4, -0.2) is 6.41 Å². The summed E-state index contributed by atoms with van der Waals surface area (Å²) in [5.41, 5.74) is -0.422. The van der Waals surface area contributed by atoms with Gasteiger partial charge in [0.25, 0.3) is 0 Å². The van der Waals surface area contributed by atoms with Crippen molar-refractivity contribution in [2.24, 2.45) is 0 Å². The van der Waals surface area contributed by atoms with Gasteiger partial charge in [-0.1, -0.05) is 0 Å². The van der Waals surface area contributed by atoms with Crippen molar-refractivity contribution < 1.29 is 18.0 Å². The van der Waals surface area contributed by atoms with Crippen LogP contribution in [0.4, 0.5) is 18.9 Å². The van der Waals surface area contributed by atoms with Gasteiger partial charge in [-0.25, -0.2) is 13.2 Å². The molecule has 2 nitrogen and oxygen atoms in total. The quantitative estimate of drug-likeness (QED) is 0.490. The smallest absolute Gasteiger partial charge is 0.211 e. The van der Waals surface area contributed by atoms with Gasteiger partial charge in [0.05, 0.1) is 5.69 Å². The van der Waals surface area contributed by atoms with Gasteiger partial charge in [0, 0.05) is 4.47 Å². The molecule has 0 aliphatic heterocycles. The van der Waals surface area contributed by atoms with Crippen molar-refractivity contribution in [3.05, 3.63) is 28.0 Å². The van der Waals surface area contributed by atoms with E-state index in [-0.39, 0.29) is 10.9 Å². The molecule has 1 N–H and O–H groups in total. The molecule has 0 unspecified atom stereocenters. The first-order valence-electron chi connectivity index (χ1n) is 3.11. The molecule has 0 aliphatic rings. The van der Waals surface area contributed by atoms with Gasteiger partial charge in [-0.05, 0) is 22.0 Å². The van der Waals surface area contributed by atoms with Gasteiger partial charge in [0.2, 0.25) is 6.41 Å². The number of hydrogen-bond donors (Lipinski definition) is 1. The molecule has 0 saturated carbocycles. The van der Waals surface area contributed by atoms with Crippen molar-refractivity contribution in [3.63, 3.8) is 0 Å². The van der Waals surface area contributed by atoms with Crippen molar-refractivity contribution in [1.82, 2.24) is 0 Å². The Morgan fingerprint density at radius 2 is 1.92 bits per heavy atom. The second-order valence-corrected chi connectivity index (χ2v) is 2.96. The van der Waals surface area contributed by atoms with Crippen LogP contribution in [0.15, 0.2) is 10.5 Å². The maximum Gasteiger partial charge on any atom is 0.211 e. The molecule has 1 aromatic rings. The van der Waals surface area contributed by atoms with Crippen molar-refractivity contribution in [2.75, 3.05) is 5.32 Å². The fourth-order valence-electron chi connectivity index (χ4n) is 0.757. The molecule has 1 rings (SSSR count). The third-order valence-corrected chi connectivity index (χ3v) is 1.94. The van der Waals surface area contributed by atoms with E-state index in [0.29, 0.717) is 0 Å². The monoisotopic (exact) mass is 253 g/mol. The Kier molecular flexibility index (Phi) is 2.92. The summed E-state index contributed by atoms with van der Waals surface area (Å²) in [6.07, 6.45) is 0.167. The fraction of sp³-hybridized carbons (Fsp3) is 0. The van der Waals surface area contributed by atoms with Gasteiger partial charge in [-0.2, -0.15) is 0 Å². The van der Waals surface area contributed by atoms with Gasteiger partial charge in [0.1, 0.15) is 0 Å². The van der Waals surface area contributed by atoms with Crippen LogP contribution in [0.5, 0.6) is 0 Å². The van der Waals surface area contributed by atoms with Gasteiger partial charge in [0.15, 0.2) is 17.5 Å². The lowest BCUT2D eigenvalue weighted by Gasteiger charge is -2.05. The number of carbonyl (C=O) groups excluding carboxylic acids is 1. The Bertz CT molecular complexity index is 356. The zero-order valence-electron chi connectivity index (χ0n) is 6.07. The van der Waals surface area contributed by atoms with Crippen LogP contribution < -0.4 is 5.32 Å². The van der Waals surface area contributed by atoms with Gasteiger partial charge >= 0.3 is 0 Å². The molecule has 0 bridgehead atoms. The van der Waals surface area contributed by atoms with E-state index in [0.717, 1.165) is 6.07 Å². The van der Waals surface area contributed by atoms with E-state index in [1.807, 2.05) is 5.32 Å². The molecule has 0 aliphatic carbocycles. The summed E-state index contributed by atoms with van der Waals surface area (Å²) in [6, 6.07) is 0.726. The highest BCUT2D eigenvalue weighted by Crippen LogP contribution is 2.28. The summed E-state index contributed by atoms with van der Waals surface area (Å²) in [7, 11) is 0. The third kappa shape index (κ3) is 1.82. The standard InChI is InChI=1S/C7H3BrF3NO/c8-3-1-4(9)5(10)6(11)7(3)12-2-13/h1-2H,(H,12,13). The number of rotatable bonds is 2. The topological polar surface area (TPSA) is 29.1 Å². The lowest BCUT2D eigenvalue weighted by Crippen LogP contribution is -2.02. The molecular weight excluding hydrogens is 251 g/mol. The highest BCUT2D eigenvalue weighted by molar-refractivity contribution is 9.10. The van der Waals surface area contributed by atoms with E-state index < -0.39 is 23.1 Å². The molecule has 0 radical (unpaired) electrons. The molecule has 6 heteroatoms. The summed E-state index contributed by atoms with van der Waals surface area (Å²) < 4.78 is 37.9. The number of nitrogens with one attached hydrogen (secondary N) is 1. The average molecular weight is 254 g/mol. The number of halogens is 4. The predicted molar refractivity (Wildman–Crippen MR) is 43.7 cm³/mol. The maximum absolute atomic E-state index is 12.8. The van der Waals surface area contributed by atoms with Crippen molar-refractivity contribution >= 4 is 28.0 Å². The molecule has 13 heavy (non-hydrogen) atoms. The van der Waals surface area contributed by atoms with Crippen LogP contribution in [0, 0.1) is 17.5 Å². The van der Waals surface area contributed by atoms with E-state index in [2.05, 4.69) is 15.9 Å². The molecular formula is C7H3BrF3NO. The van der Waals surface area contributed by atoms with Crippen LogP contribution in [0.2, 0.25) is 0 Å². The minimum atomic E-state index is -1.62. The predicted octanol–water partition coefficient (Wildman–Crippen LogP) is 2.43. The zero-order valence-corrected chi connectivity index (χ0v) is 7.66. The first-order valence-corrected chi connectivity index (χ1v) is 3.90. The van der Waals surface area contributed by atoms with Crippen LogP contribution >= 0.6 is 15.9 Å². The molecule has 0 aromatic heterocycles. The van der Waals surface area contributed by atoms with Crippen LogP contribution in [0.25, 0.3) is 0 Å². The highest BCUT2D eigenvalue weighted by Gasteiger charge is 2.16. The number of anilines is 1. The molecule has 0 heterocycles. The maximum atomic E-state index is 12.8. The minimum Gasteiger partial charge on any atom is -0.325 e. The van der Waals surface area contributed by atoms with E-state index in [1.165, 1.54) is 0 Å². The number of carbonyl (C=O) groups is 1. The number of hydrogen-bond acceptors (Lipinski definition) is 1. The molecule has 0 saturated heterocycles. The largest absolute Gasteiger partial charge is 0.325 e. The van der Waals surface area contributed by atoms with E-state index >= 15 is 0 Å². The van der Waals surface area contributed by atoms with E-state index in [9.17, 15) is 18.0 Å². The molecule has 1 aromatic carbocycles. The second kappa shape index (κ2) is 3.78. The Labute approximate surface area is 79.9 Å². The van der Waals surface area contributed by atoms with Crippen molar-refractivity contribution in [1.29, 1.82) is 0 Å². The molecule has 1 amide bonds. The summed E-state index contributed by atoms with van der Waals surface area (Å²) in [5.74, 6) is -4.37. The lowest BCUT2D eigenvalue weighted by molar-refractivity contribution is -0.105. The van der Waals surface area contributed by atoms with E-state index in [4.69, 9.17) is 0 Å². The number of benzene rings is 1. The summed E-state index contributed by atoms with van der Waals surface area (Å²) in [4.78, 5) is 9.96. The first-order chi connectivity index (χ1) is 6.07. The first kappa shape index (κ1) is 10.0. The Hall–Kier alpha value is -1.04. The van der Waals surface area contributed by atoms with E-state index in [1.54, 1.807) is 0 Å². The summed E-state index contributed by atoms with van der Waals surface area (Å²) >= 11 is 2.77. The Morgan fingerprint density at radius 3 is 2.46 bits per heavy atom. The Morgan fingerprint density at radius 1 is 1.31 bits per heavy atom. The van der Waals surface area contributed by atoms with Crippen LogP contribution in [0.1, 0.15) is 0 Å². The van der Waals surface area contributed by atoms with Crippen molar-refractivity contribution in [2.45, 2.75) is 0 Å². The SMILES string of the molecule is O=CNc1c(Br)cc(F)c(F)c1F. The molecule has 70 valence electrons. The molecule has 0 fully saturated rings. The van der Waals surface area contributed by atoms with Gasteiger partial charge < -0.3 is 5.32 Å². The fourth-order valence-corrected chi connectivity index (χ4v) is 1.25. The number of amides is 1. The van der Waals surface area contributed by atoms with Crippen molar-refractivity contribution in [3.8, 4) is 0 Å². The highest BCUT2D eigenvalue weighted by atomic mass is 79.9. The average Bonchev–Trinajstić information content (AvgIpc) is 2.09. The van der Waals surface area contributed by atoms with Gasteiger partial charge in [-0.15, -0.1) is 0 Å². The summed E-state index contributed by atoms with van der Waals surface area (Å²) in [6.45, 7) is 0. The van der Waals surface area contributed by atoms with Crippen LogP contribution in [-0.2, 0) is 4.79 Å². The second-order valence-electron chi connectivity index (χ2n) is 2.11.